The number of likely N-dealkylation sites (tertiary alicyclic amines) is 1. The van der Waals surface area contributed by atoms with Gasteiger partial charge in [0.05, 0.1) is 24.3 Å². The third-order valence-electron chi connectivity index (χ3n) is 5.70. The van der Waals surface area contributed by atoms with Crippen LogP contribution in [0.1, 0.15) is 37.0 Å². The van der Waals surface area contributed by atoms with Gasteiger partial charge in [-0.3, -0.25) is 14.4 Å². The SMILES string of the molecule is COc1cc(C(=O)N2CCC(C(=O)N3CC(C)OC(C)C3)CC2)cc(Cl)c1OCC(N)=O. The predicted octanol–water partition coefficient (Wildman–Crippen LogP) is 1.70. The molecule has 176 valence electrons. The molecule has 10 heteroatoms. The molecule has 2 unspecified atom stereocenters. The third-order valence-corrected chi connectivity index (χ3v) is 5.98. The van der Waals surface area contributed by atoms with E-state index < -0.39 is 5.91 Å². The smallest absolute Gasteiger partial charge is 0.255 e. The fraction of sp³-hybridized carbons (Fsp3) is 0.591. The number of hydrogen-bond donors (Lipinski definition) is 1. The molecule has 0 bridgehead atoms. The summed E-state index contributed by atoms with van der Waals surface area (Å²) >= 11 is 6.27. The molecule has 2 aliphatic heterocycles. The standard InChI is InChI=1S/C22H30ClN3O6/c1-13-10-26(11-14(2)32-13)21(28)15-4-6-25(7-5-15)22(29)16-8-17(23)20(18(9-16)30-3)31-12-19(24)27/h8-9,13-15H,4-7,10-12H2,1-3H3,(H2,24,27). The first-order valence-corrected chi connectivity index (χ1v) is 11.1. The van der Waals surface area contributed by atoms with Gasteiger partial charge in [0.2, 0.25) is 5.91 Å². The normalized spacial score (nSPS) is 21.9. The van der Waals surface area contributed by atoms with E-state index in [1.165, 1.54) is 19.2 Å². The van der Waals surface area contributed by atoms with Gasteiger partial charge in [0, 0.05) is 37.7 Å². The van der Waals surface area contributed by atoms with Crippen LogP contribution in [0.2, 0.25) is 5.02 Å². The number of carbonyl (C=O) groups is 3. The second-order valence-corrected chi connectivity index (χ2v) is 8.72. The summed E-state index contributed by atoms with van der Waals surface area (Å²) in [5.41, 5.74) is 5.46. The Labute approximate surface area is 192 Å². The van der Waals surface area contributed by atoms with Crippen molar-refractivity contribution in [2.45, 2.75) is 38.9 Å². The van der Waals surface area contributed by atoms with Crippen molar-refractivity contribution in [1.82, 2.24) is 9.80 Å². The molecule has 3 amide bonds. The molecule has 2 atom stereocenters. The van der Waals surface area contributed by atoms with Gasteiger partial charge in [0.1, 0.15) is 0 Å². The molecule has 1 aromatic rings. The first-order valence-electron chi connectivity index (χ1n) is 10.7. The van der Waals surface area contributed by atoms with Crippen molar-refractivity contribution in [2.24, 2.45) is 11.7 Å². The number of methoxy groups -OCH3 is 1. The number of halogens is 1. The second kappa shape index (κ2) is 10.4. The van der Waals surface area contributed by atoms with E-state index in [0.717, 1.165) is 0 Å². The molecule has 2 heterocycles. The summed E-state index contributed by atoms with van der Waals surface area (Å²) in [6.07, 6.45) is 1.27. The molecule has 0 spiro atoms. The Morgan fingerprint density at radius 3 is 2.31 bits per heavy atom. The van der Waals surface area contributed by atoms with Crippen LogP contribution in [-0.2, 0) is 14.3 Å². The number of piperidine rings is 1. The number of primary amides is 1. The zero-order chi connectivity index (χ0) is 23.4. The number of benzene rings is 1. The van der Waals surface area contributed by atoms with Crippen molar-refractivity contribution < 1.29 is 28.6 Å². The van der Waals surface area contributed by atoms with Crippen molar-refractivity contribution in [3.8, 4) is 11.5 Å². The third kappa shape index (κ3) is 5.63. The van der Waals surface area contributed by atoms with Crippen LogP contribution in [0.5, 0.6) is 11.5 Å². The first kappa shape index (κ1) is 24.1. The highest BCUT2D eigenvalue weighted by molar-refractivity contribution is 6.32. The lowest BCUT2D eigenvalue weighted by Gasteiger charge is -2.39. The van der Waals surface area contributed by atoms with E-state index in [2.05, 4.69) is 0 Å². The van der Waals surface area contributed by atoms with Crippen molar-refractivity contribution in [2.75, 3.05) is 39.9 Å². The molecule has 2 fully saturated rings. The highest BCUT2D eigenvalue weighted by Gasteiger charge is 2.34. The van der Waals surface area contributed by atoms with E-state index in [9.17, 15) is 14.4 Å². The number of nitrogens with two attached hydrogens (primary N) is 1. The van der Waals surface area contributed by atoms with Crippen LogP contribution in [0.4, 0.5) is 0 Å². The van der Waals surface area contributed by atoms with Crippen LogP contribution in [-0.4, -0.2) is 79.6 Å². The maximum absolute atomic E-state index is 13.0. The van der Waals surface area contributed by atoms with Gasteiger partial charge >= 0.3 is 0 Å². The van der Waals surface area contributed by atoms with Crippen LogP contribution in [0.15, 0.2) is 12.1 Å². The molecule has 0 aliphatic carbocycles. The molecule has 3 rings (SSSR count). The van der Waals surface area contributed by atoms with Crippen molar-refractivity contribution in [1.29, 1.82) is 0 Å². The van der Waals surface area contributed by atoms with Crippen molar-refractivity contribution in [3.63, 3.8) is 0 Å². The minimum atomic E-state index is -0.651. The fourth-order valence-electron chi connectivity index (χ4n) is 4.25. The summed E-state index contributed by atoms with van der Waals surface area (Å²) in [5.74, 6) is -0.419. The van der Waals surface area contributed by atoms with Crippen LogP contribution in [0.3, 0.4) is 0 Å². The zero-order valence-corrected chi connectivity index (χ0v) is 19.4. The molecule has 1 aromatic carbocycles. The van der Waals surface area contributed by atoms with Gasteiger partial charge in [0.15, 0.2) is 18.1 Å². The summed E-state index contributed by atoms with van der Waals surface area (Å²) in [7, 11) is 1.42. The lowest BCUT2D eigenvalue weighted by molar-refractivity contribution is -0.148. The summed E-state index contributed by atoms with van der Waals surface area (Å²) < 4.78 is 16.3. The van der Waals surface area contributed by atoms with E-state index in [1.54, 1.807) is 4.90 Å². The molecular formula is C22H30ClN3O6. The van der Waals surface area contributed by atoms with Crippen molar-refractivity contribution in [3.05, 3.63) is 22.7 Å². The number of rotatable bonds is 6. The van der Waals surface area contributed by atoms with E-state index in [4.69, 9.17) is 31.5 Å². The Morgan fingerprint density at radius 1 is 1.12 bits per heavy atom. The molecule has 0 saturated carbocycles. The number of nitrogens with zero attached hydrogens (tertiary/aromatic N) is 2. The van der Waals surface area contributed by atoms with Gasteiger partial charge in [-0.1, -0.05) is 11.6 Å². The Bertz CT molecular complexity index is 861. The zero-order valence-electron chi connectivity index (χ0n) is 18.6. The summed E-state index contributed by atoms with van der Waals surface area (Å²) in [5, 5.41) is 0.148. The quantitative estimate of drug-likeness (QED) is 0.681. The summed E-state index contributed by atoms with van der Waals surface area (Å²) in [4.78, 5) is 40.6. The lowest BCUT2D eigenvalue weighted by Crippen LogP contribution is -2.51. The minimum Gasteiger partial charge on any atom is -0.493 e. The minimum absolute atomic E-state index is 0.0269. The lowest BCUT2D eigenvalue weighted by atomic mass is 9.94. The van der Waals surface area contributed by atoms with E-state index in [1.807, 2.05) is 18.7 Å². The molecule has 2 N–H and O–H groups in total. The Hall–Kier alpha value is -2.52. The highest BCUT2D eigenvalue weighted by atomic mass is 35.5. The van der Waals surface area contributed by atoms with E-state index in [0.29, 0.717) is 44.6 Å². The van der Waals surface area contributed by atoms with Gasteiger partial charge in [-0.2, -0.15) is 0 Å². The highest BCUT2D eigenvalue weighted by Crippen LogP contribution is 2.37. The number of hydrogen-bond acceptors (Lipinski definition) is 6. The van der Waals surface area contributed by atoms with Crippen LogP contribution >= 0.6 is 11.6 Å². The Kier molecular flexibility index (Phi) is 7.84. The van der Waals surface area contributed by atoms with Gasteiger partial charge in [0.25, 0.3) is 11.8 Å². The van der Waals surface area contributed by atoms with Crippen molar-refractivity contribution >= 4 is 29.3 Å². The number of ether oxygens (including phenoxy) is 3. The summed E-state index contributed by atoms with van der Waals surface area (Å²) in [6, 6.07) is 3.01. The average molecular weight is 468 g/mol. The average Bonchev–Trinajstić information content (AvgIpc) is 2.76. The van der Waals surface area contributed by atoms with Crippen LogP contribution in [0.25, 0.3) is 0 Å². The molecule has 9 nitrogen and oxygen atoms in total. The predicted molar refractivity (Wildman–Crippen MR) is 118 cm³/mol. The molecule has 0 radical (unpaired) electrons. The largest absolute Gasteiger partial charge is 0.493 e. The number of carbonyl (C=O) groups excluding carboxylic acids is 3. The van der Waals surface area contributed by atoms with E-state index in [-0.39, 0.29) is 53.1 Å². The first-order chi connectivity index (χ1) is 15.2. The van der Waals surface area contributed by atoms with Gasteiger partial charge < -0.3 is 29.7 Å². The molecule has 32 heavy (non-hydrogen) atoms. The Morgan fingerprint density at radius 2 is 1.75 bits per heavy atom. The number of morpholine rings is 1. The molecular weight excluding hydrogens is 438 g/mol. The van der Waals surface area contributed by atoms with Crippen LogP contribution < -0.4 is 15.2 Å². The fourth-order valence-corrected chi connectivity index (χ4v) is 4.52. The maximum atomic E-state index is 13.0. The van der Waals surface area contributed by atoms with Crippen LogP contribution in [0, 0.1) is 5.92 Å². The second-order valence-electron chi connectivity index (χ2n) is 8.31. The Balaban J connectivity index is 1.63. The number of amides is 3. The van der Waals surface area contributed by atoms with Gasteiger partial charge in [-0.25, -0.2) is 0 Å². The monoisotopic (exact) mass is 467 g/mol. The van der Waals surface area contributed by atoms with Gasteiger partial charge in [-0.15, -0.1) is 0 Å². The summed E-state index contributed by atoms with van der Waals surface area (Å²) in [6.45, 7) is 5.75. The topological polar surface area (TPSA) is 111 Å². The molecule has 0 aromatic heterocycles. The van der Waals surface area contributed by atoms with E-state index >= 15 is 0 Å². The maximum Gasteiger partial charge on any atom is 0.255 e. The molecule has 2 aliphatic rings. The van der Waals surface area contributed by atoms with Gasteiger partial charge in [-0.05, 0) is 38.8 Å². The molecule has 2 saturated heterocycles.